The Morgan fingerprint density at radius 3 is 2.82 bits per heavy atom. The average molecular weight is 410 g/mol. The summed E-state index contributed by atoms with van der Waals surface area (Å²) in [5, 5.41) is 8.48. The number of piperidine rings is 1. The zero-order valence-electron chi connectivity index (χ0n) is 14.1. The number of urea groups is 1. The molecule has 13 nitrogen and oxygen atoms in total. The molecule has 2 aromatic heterocycles. The molecule has 148 valence electrons. The van der Waals surface area contributed by atoms with Crippen LogP contribution in [0.3, 0.4) is 0 Å². The molecule has 0 saturated carbocycles. The van der Waals surface area contributed by atoms with E-state index in [0.717, 1.165) is 0 Å². The number of primary amides is 1. The van der Waals surface area contributed by atoms with Gasteiger partial charge in [-0.25, -0.2) is 9.78 Å². The second-order valence-corrected chi connectivity index (χ2v) is 7.23. The number of nitrogens with two attached hydrogens (primary N) is 1. The van der Waals surface area contributed by atoms with E-state index in [1.807, 2.05) is 0 Å². The fourth-order valence-corrected chi connectivity index (χ4v) is 3.64. The Labute approximate surface area is 158 Å². The van der Waals surface area contributed by atoms with E-state index in [9.17, 15) is 18.0 Å². The van der Waals surface area contributed by atoms with Crippen molar-refractivity contribution in [3.63, 3.8) is 0 Å². The SMILES string of the molecule is NC(=O)c1cccc(-c2nnc([C@H]3CC[C@@H]4CN3C(=O)N4OS(=O)(=O)O)o2)n1. The Morgan fingerprint density at radius 2 is 2.11 bits per heavy atom. The second-order valence-electron chi connectivity index (χ2n) is 6.23. The van der Waals surface area contributed by atoms with Gasteiger partial charge in [0.1, 0.15) is 17.4 Å². The summed E-state index contributed by atoms with van der Waals surface area (Å²) in [4.78, 5) is 29.1. The highest BCUT2D eigenvalue weighted by molar-refractivity contribution is 7.80. The lowest BCUT2D eigenvalue weighted by atomic mass is 10.0. The molecular weight excluding hydrogens is 396 g/mol. The van der Waals surface area contributed by atoms with Gasteiger partial charge in [0, 0.05) is 6.54 Å². The summed E-state index contributed by atoms with van der Waals surface area (Å²) < 4.78 is 40.7. The molecule has 2 aliphatic heterocycles. The average Bonchev–Trinajstić information content (AvgIpc) is 3.22. The van der Waals surface area contributed by atoms with Gasteiger partial charge in [0.25, 0.3) is 11.8 Å². The summed E-state index contributed by atoms with van der Waals surface area (Å²) in [6, 6.07) is 2.70. The van der Waals surface area contributed by atoms with E-state index in [4.69, 9.17) is 14.7 Å². The number of aromatic nitrogens is 3. The van der Waals surface area contributed by atoms with Gasteiger partial charge in [0.2, 0.25) is 5.89 Å². The number of hydrogen-bond acceptors (Lipinski definition) is 9. The molecule has 28 heavy (non-hydrogen) atoms. The number of carbonyl (C=O) groups excluding carboxylic acids is 2. The summed E-state index contributed by atoms with van der Waals surface area (Å²) in [6.45, 7) is 0.173. The lowest BCUT2D eigenvalue weighted by molar-refractivity contribution is -0.0317. The molecular formula is C14H14N6O7S. The van der Waals surface area contributed by atoms with Crippen LogP contribution in [0.2, 0.25) is 0 Å². The van der Waals surface area contributed by atoms with Crippen LogP contribution >= 0.6 is 0 Å². The third-order valence-electron chi connectivity index (χ3n) is 4.44. The highest BCUT2D eigenvalue weighted by atomic mass is 32.3. The van der Waals surface area contributed by atoms with Gasteiger partial charge >= 0.3 is 16.4 Å². The van der Waals surface area contributed by atoms with Crippen molar-refractivity contribution in [1.82, 2.24) is 25.1 Å². The molecule has 2 atom stereocenters. The van der Waals surface area contributed by atoms with Crippen LogP contribution in [-0.2, 0) is 14.7 Å². The minimum Gasteiger partial charge on any atom is -0.417 e. The standard InChI is InChI=1S/C14H14N6O7S/c15-11(21)8-2-1-3-9(16-8)12-17-18-13(26-12)10-5-4-7-6-19(10)14(22)20(7)27-28(23,24)25/h1-3,7,10H,4-6H2,(H2,15,21)(H,23,24,25)/t7-,10-/m1/s1. The molecule has 2 saturated heterocycles. The lowest BCUT2D eigenvalue weighted by Crippen LogP contribution is -2.35. The van der Waals surface area contributed by atoms with Crippen molar-refractivity contribution in [1.29, 1.82) is 0 Å². The molecule has 0 aromatic carbocycles. The molecule has 2 aliphatic rings. The summed E-state index contributed by atoms with van der Waals surface area (Å²) in [7, 11) is -4.82. The monoisotopic (exact) mass is 410 g/mol. The minimum atomic E-state index is -4.82. The van der Waals surface area contributed by atoms with Crippen molar-refractivity contribution < 1.29 is 31.3 Å². The zero-order valence-corrected chi connectivity index (χ0v) is 14.9. The van der Waals surface area contributed by atoms with Gasteiger partial charge in [-0.2, -0.15) is 13.5 Å². The van der Waals surface area contributed by atoms with Crippen LogP contribution in [0.25, 0.3) is 11.6 Å². The zero-order chi connectivity index (χ0) is 20.1. The fourth-order valence-electron chi connectivity index (χ4n) is 3.25. The minimum absolute atomic E-state index is 0.0329. The summed E-state index contributed by atoms with van der Waals surface area (Å²) in [5.74, 6) is -0.541. The first-order chi connectivity index (χ1) is 13.2. The lowest BCUT2D eigenvalue weighted by Gasteiger charge is -2.27. The fraction of sp³-hybridized carbons (Fsp3) is 0.357. The van der Waals surface area contributed by atoms with E-state index in [0.29, 0.717) is 17.9 Å². The van der Waals surface area contributed by atoms with E-state index >= 15 is 0 Å². The van der Waals surface area contributed by atoms with Crippen molar-refractivity contribution in [3.05, 3.63) is 29.8 Å². The molecule has 2 aromatic rings. The van der Waals surface area contributed by atoms with Crippen LogP contribution in [0, 0.1) is 0 Å². The Kier molecular flexibility index (Phi) is 4.24. The molecule has 0 spiro atoms. The highest BCUT2D eigenvalue weighted by Crippen LogP contribution is 2.38. The first kappa shape index (κ1) is 18.3. The number of amides is 3. The van der Waals surface area contributed by atoms with Crippen LogP contribution in [0.15, 0.2) is 22.6 Å². The Balaban J connectivity index is 1.58. The summed E-state index contributed by atoms with van der Waals surface area (Å²) in [6.07, 6.45) is 0.813. The predicted octanol–water partition coefficient (Wildman–Crippen LogP) is -0.0940. The number of fused-ring (bicyclic) bond motifs is 2. The van der Waals surface area contributed by atoms with Gasteiger partial charge in [0.05, 0.1) is 6.04 Å². The van der Waals surface area contributed by atoms with Crippen LogP contribution in [0.1, 0.15) is 35.3 Å². The van der Waals surface area contributed by atoms with Gasteiger partial charge < -0.3 is 15.1 Å². The predicted molar refractivity (Wildman–Crippen MR) is 88.4 cm³/mol. The van der Waals surface area contributed by atoms with Crippen LogP contribution in [-0.4, -0.2) is 62.6 Å². The van der Waals surface area contributed by atoms with Gasteiger partial charge in [-0.05, 0) is 25.0 Å². The number of hydrogen-bond donors (Lipinski definition) is 2. The van der Waals surface area contributed by atoms with Gasteiger partial charge in [0.15, 0.2) is 0 Å². The maximum atomic E-state index is 12.4. The molecule has 0 radical (unpaired) electrons. The van der Waals surface area contributed by atoms with Crippen LogP contribution in [0.4, 0.5) is 4.79 Å². The highest BCUT2D eigenvalue weighted by Gasteiger charge is 2.49. The number of carbonyl (C=O) groups is 2. The molecule has 4 heterocycles. The summed E-state index contributed by atoms with van der Waals surface area (Å²) in [5.41, 5.74) is 5.48. The maximum Gasteiger partial charge on any atom is 0.418 e. The Bertz CT molecular complexity index is 1050. The van der Waals surface area contributed by atoms with Crippen molar-refractivity contribution in [2.24, 2.45) is 5.73 Å². The second kappa shape index (κ2) is 6.50. The van der Waals surface area contributed by atoms with E-state index in [1.54, 1.807) is 12.1 Å². The quantitative estimate of drug-likeness (QED) is 0.631. The molecule has 3 N–H and O–H groups in total. The number of rotatable bonds is 5. The summed E-state index contributed by atoms with van der Waals surface area (Å²) >= 11 is 0. The van der Waals surface area contributed by atoms with E-state index in [-0.39, 0.29) is 29.7 Å². The topological polar surface area (TPSA) is 182 Å². The molecule has 3 amide bonds. The van der Waals surface area contributed by atoms with Crippen LogP contribution in [0.5, 0.6) is 0 Å². The van der Waals surface area contributed by atoms with Crippen LogP contribution < -0.4 is 5.73 Å². The van der Waals surface area contributed by atoms with Gasteiger partial charge in [-0.15, -0.1) is 14.5 Å². The maximum absolute atomic E-state index is 12.4. The van der Waals surface area contributed by atoms with E-state index < -0.39 is 34.4 Å². The molecule has 0 unspecified atom stereocenters. The molecule has 2 fully saturated rings. The normalized spacial score (nSPS) is 22.0. The van der Waals surface area contributed by atoms with Gasteiger partial charge in [-0.3, -0.25) is 9.35 Å². The molecule has 2 bridgehead atoms. The first-order valence-corrected chi connectivity index (χ1v) is 9.47. The third kappa shape index (κ3) is 3.28. The van der Waals surface area contributed by atoms with Crippen molar-refractivity contribution in [2.75, 3.05) is 6.54 Å². The van der Waals surface area contributed by atoms with Crippen molar-refractivity contribution in [2.45, 2.75) is 24.9 Å². The Hall–Kier alpha value is -3.10. The smallest absolute Gasteiger partial charge is 0.417 e. The largest absolute Gasteiger partial charge is 0.418 e. The van der Waals surface area contributed by atoms with E-state index in [2.05, 4.69) is 19.5 Å². The molecule has 4 rings (SSSR count). The van der Waals surface area contributed by atoms with Crippen molar-refractivity contribution >= 4 is 22.3 Å². The van der Waals surface area contributed by atoms with E-state index in [1.165, 1.54) is 11.0 Å². The number of nitrogens with zero attached hydrogens (tertiary/aromatic N) is 5. The molecule has 0 aliphatic carbocycles. The van der Waals surface area contributed by atoms with Gasteiger partial charge in [-0.1, -0.05) is 6.07 Å². The third-order valence-corrected chi connectivity index (χ3v) is 4.79. The molecule has 14 heteroatoms. The van der Waals surface area contributed by atoms with Crippen molar-refractivity contribution in [3.8, 4) is 11.6 Å². The first-order valence-electron chi connectivity index (χ1n) is 8.10. The Morgan fingerprint density at radius 1 is 1.32 bits per heavy atom. The number of pyridine rings is 1. The number of hydroxylamine groups is 2.